The smallest absolute Gasteiger partial charge is 0.243 e. The molecular weight excluding hydrogens is 250 g/mol. The molecule has 1 aromatic heterocycles. The molecule has 4 heteroatoms. The first-order valence-corrected chi connectivity index (χ1v) is 8.29. The maximum absolute atomic E-state index is 5.54. The van der Waals surface area contributed by atoms with Crippen LogP contribution in [0.15, 0.2) is 4.52 Å². The van der Waals surface area contributed by atoms with E-state index in [-0.39, 0.29) is 6.04 Å². The van der Waals surface area contributed by atoms with Gasteiger partial charge in [0.1, 0.15) is 0 Å². The fourth-order valence-corrected chi connectivity index (χ4v) is 5.37. The van der Waals surface area contributed by atoms with Crippen LogP contribution in [0.4, 0.5) is 0 Å². The third-order valence-electron chi connectivity index (χ3n) is 6.04. The Morgan fingerprint density at radius 2 is 1.80 bits per heavy atom. The van der Waals surface area contributed by atoms with Crippen molar-refractivity contribution in [1.29, 1.82) is 0 Å². The first kappa shape index (κ1) is 12.8. The summed E-state index contributed by atoms with van der Waals surface area (Å²) in [5.74, 6) is 6.01. The van der Waals surface area contributed by atoms with Crippen LogP contribution in [0.5, 0.6) is 0 Å². The van der Waals surface area contributed by atoms with Crippen LogP contribution in [0, 0.1) is 23.7 Å². The Labute approximate surface area is 120 Å². The Morgan fingerprint density at radius 3 is 2.35 bits per heavy atom. The van der Waals surface area contributed by atoms with Gasteiger partial charge in [-0.15, -0.1) is 0 Å². The molecule has 5 rings (SSSR count). The summed E-state index contributed by atoms with van der Waals surface area (Å²) < 4.78 is 5.54. The molecule has 20 heavy (non-hydrogen) atoms. The molecule has 1 heterocycles. The molecule has 0 aromatic carbocycles. The second-order valence-electron chi connectivity index (χ2n) is 7.20. The van der Waals surface area contributed by atoms with E-state index in [2.05, 4.69) is 17.4 Å². The summed E-state index contributed by atoms with van der Waals surface area (Å²) in [7, 11) is 1.96. The van der Waals surface area contributed by atoms with Crippen molar-refractivity contribution < 1.29 is 4.52 Å². The Balaban J connectivity index is 1.59. The van der Waals surface area contributed by atoms with Crippen LogP contribution in [0.3, 0.4) is 0 Å². The van der Waals surface area contributed by atoms with E-state index in [1.54, 1.807) is 0 Å². The van der Waals surface area contributed by atoms with Gasteiger partial charge in [-0.1, -0.05) is 12.1 Å². The van der Waals surface area contributed by atoms with Gasteiger partial charge in [-0.05, 0) is 69.2 Å². The van der Waals surface area contributed by atoms with Gasteiger partial charge in [-0.25, -0.2) is 0 Å². The van der Waals surface area contributed by atoms with Crippen molar-refractivity contribution in [2.24, 2.45) is 23.7 Å². The molecule has 4 saturated carbocycles. The van der Waals surface area contributed by atoms with E-state index in [0.717, 1.165) is 41.8 Å². The number of rotatable bonds is 4. The van der Waals surface area contributed by atoms with Crippen molar-refractivity contribution >= 4 is 0 Å². The van der Waals surface area contributed by atoms with E-state index in [0.29, 0.717) is 5.92 Å². The maximum atomic E-state index is 5.54. The number of aromatic nitrogens is 2. The van der Waals surface area contributed by atoms with Crippen molar-refractivity contribution in [3.63, 3.8) is 0 Å². The van der Waals surface area contributed by atoms with E-state index in [1.807, 2.05) is 7.05 Å². The zero-order valence-electron chi connectivity index (χ0n) is 12.5. The van der Waals surface area contributed by atoms with Gasteiger partial charge < -0.3 is 9.84 Å². The molecule has 4 aliphatic carbocycles. The third-order valence-corrected chi connectivity index (χ3v) is 6.04. The van der Waals surface area contributed by atoms with Gasteiger partial charge in [-0.2, -0.15) is 4.98 Å². The topological polar surface area (TPSA) is 51.0 Å². The molecule has 4 aliphatic rings. The van der Waals surface area contributed by atoms with Crippen molar-refractivity contribution in [2.45, 2.75) is 57.4 Å². The first-order chi connectivity index (χ1) is 9.78. The van der Waals surface area contributed by atoms with Gasteiger partial charge >= 0.3 is 0 Å². The highest BCUT2D eigenvalue weighted by atomic mass is 16.5. The highest BCUT2D eigenvalue weighted by molar-refractivity contribution is 5.10. The summed E-state index contributed by atoms with van der Waals surface area (Å²) in [6, 6.07) is 0.202. The average molecular weight is 275 g/mol. The minimum absolute atomic E-state index is 0.202. The summed E-state index contributed by atoms with van der Waals surface area (Å²) in [5, 5.41) is 7.61. The minimum atomic E-state index is 0.202. The molecule has 0 saturated heterocycles. The Bertz CT molecular complexity index is 452. The van der Waals surface area contributed by atoms with Gasteiger partial charge in [0.15, 0.2) is 5.82 Å². The summed E-state index contributed by atoms with van der Waals surface area (Å²) in [4.78, 5) is 4.76. The van der Waals surface area contributed by atoms with Crippen molar-refractivity contribution in [1.82, 2.24) is 15.5 Å². The van der Waals surface area contributed by atoms with Crippen molar-refractivity contribution in [2.75, 3.05) is 7.05 Å². The van der Waals surface area contributed by atoms with Crippen LogP contribution < -0.4 is 5.32 Å². The molecule has 4 bridgehead atoms. The quantitative estimate of drug-likeness (QED) is 0.916. The molecule has 0 aliphatic heterocycles. The van der Waals surface area contributed by atoms with Gasteiger partial charge in [0.05, 0.1) is 6.04 Å². The Kier molecular flexibility index (Phi) is 3.09. The third kappa shape index (κ3) is 1.92. The zero-order chi connectivity index (χ0) is 13.7. The van der Waals surface area contributed by atoms with Crippen LogP contribution in [0.2, 0.25) is 0 Å². The van der Waals surface area contributed by atoms with Crippen molar-refractivity contribution in [3.05, 3.63) is 11.7 Å². The molecule has 0 radical (unpaired) electrons. The normalized spacial score (nSPS) is 40.2. The maximum Gasteiger partial charge on any atom is 0.243 e. The highest BCUT2D eigenvalue weighted by Crippen LogP contribution is 2.59. The molecular formula is C16H25N3O. The van der Waals surface area contributed by atoms with Crippen LogP contribution in [-0.4, -0.2) is 17.2 Å². The predicted molar refractivity (Wildman–Crippen MR) is 76.2 cm³/mol. The highest BCUT2D eigenvalue weighted by Gasteiger charge is 2.50. The van der Waals surface area contributed by atoms with Gasteiger partial charge in [0, 0.05) is 5.92 Å². The Hall–Kier alpha value is -0.900. The van der Waals surface area contributed by atoms with E-state index in [1.165, 1.54) is 32.1 Å². The molecule has 1 atom stereocenters. The summed E-state index contributed by atoms with van der Waals surface area (Å²) >= 11 is 0. The second-order valence-corrected chi connectivity index (χ2v) is 7.20. The van der Waals surface area contributed by atoms with E-state index < -0.39 is 0 Å². The number of hydrogen-bond donors (Lipinski definition) is 1. The van der Waals surface area contributed by atoms with Crippen LogP contribution in [0.25, 0.3) is 0 Å². The van der Waals surface area contributed by atoms with Crippen LogP contribution in [0.1, 0.15) is 69.1 Å². The lowest BCUT2D eigenvalue weighted by atomic mass is 9.52. The SMILES string of the molecule is CCC(NC)c1nc(C2C3CC4CC(C3)CC2C4)no1. The first-order valence-electron chi connectivity index (χ1n) is 8.29. The van der Waals surface area contributed by atoms with Gasteiger partial charge in [0.25, 0.3) is 0 Å². The predicted octanol–water partition coefficient (Wildman–Crippen LogP) is 3.28. The Morgan fingerprint density at radius 1 is 1.15 bits per heavy atom. The fraction of sp³-hybridized carbons (Fsp3) is 0.875. The second kappa shape index (κ2) is 4.83. The summed E-state index contributed by atoms with van der Waals surface area (Å²) in [6.45, 7) is 2.15. The lowest BCUT2D eigenvalue weighted by molar-refractivity contribution is -0.00629. The van der Waals surface area contributed by atoms with E-state index in [9.17, 15) is 0 Å². The van der Waals surface area contributed by atoms with E-state index in [4.69, 9.17) is 9.51 Å². The molecule has 110 valence electrons. The molecule has 1 unspecified atom stereocenters. The molecule has 4 nitrogen and oxygen atoms in total. The van der Waals surface area contributed by atoms with Gasteiger partial charge in [-0.3, -0.25) is 0 Å². The number of hydrogen-bond acceptors (Lipinski definition) is 4. The zero-order valence-corrected chi connectivity index (χ0v) is 12.5. The van der Waals surface area contributed by atoms with Crippen LogP contribution >= 0.6 is 0 Å². The molecule has 0 spiro atoms. The lowest BCUT2D eigenvalue weighted by Gasteiger charge is -2.53. The molecule has 0 amide bonds. The summed E-state index contributed by atoms with van der Waals surface area (Å²) in [6.07, 6.45) is 8.11. The number of nitrogens with zero attached hydrogens (tertiary/aromatic N) is 2. The summed E-state index contributed by atoms with van der Waals surface area (Å²) in [5.41, 5.74) is 0. The van der Waals surface area contributed by atoms with E-state index >= 15 is 0 Å². The standard InChI is InChI=1S/C16H25N3O/c1-3-13(17-2)16-18-15(19-20-16)14-11-5-9-4-10(7-11)8-12(14)6-9/h9-14,17H,3-8H2,1-2H3. The monoisotopic (exact) mass is 275 g/mol. The fourth-order valence-electron chi connectivity index (χ4n) is 5.37. The lowest BCUT2D eigenvalue weighted by Crippen LogP contribution is -2.44. The molecule has 1 N–H and O–H groups in total. The van der Waals surface area contributed by atoms with Crippen molar-refractivity contribution in [3.8, 4) is 0 Å². The van der Waals surface area contributed by atoms with Gasteiger partial charge in [0.2, 0.25) is 5.89 Å². The number of nitrogens with one attached hydrogen (secondary N) is 1. The molecule has 1 aromatic rings. The van der Waals surface area contributed by atoms with Crippen LogP contribution in [-0.2, 0) is 0 Å². The average Bonchev–Trinajstić information content (AvgIpc) is 2.88. The largest absolute Gasteiger partial charge is 0.338 e. The minimum Gasteiger partial charge on any atom is -0.338 e. The molecule has 4 fully saturated rings.